The molecule has 0 aromatic heterocycles. The van der Waals surface area contributed by atoms with E-state index in [0.29, 0.717) is 6.42 Å². The SMILES string of the molecule is CCOC(=O)C(CC)N(C)CC(F)F. The monoisotopic (exact) mass is 209 g/mol. The van der Waals surface area contributed by atoms with Gasteiger partial charge < -0.3 is 4.74 Å². The maximum Gasteiger partial charge on any atom is 0.323 e. The van der Waals surface area contributed by atoms with Crippen LogP contribution in [0.15, 0.2) is 0 Å². The third kappa shape index (κ3) is 4.50. The molecule has 0 aliphatic carbocycles. The van der Waals surface area contributed by atoms with Crippen LogP contribution in [0.5, 0.6) is 0 Å². The number of carbonyl (C=O) groups excluding carboxylic acids is 1. The second-order valence-electron chi connectivity index (χ2n) is 3.01. The van der Waals surface area contributed by atoms with Gasteiger partial charge >= 0.3 is 5.97 Å². The largest absolute Gasteiger partial charge is 0.465 e. The average Bonchev–Trinajstić information content (AvgIpc) is 2.04. The van der Waals surface area contributed by atoms with Gasteiger partial charge in [0.25, 0.3) is 6.43 Å². The summed E-state index contributed by atoms with van der Waals surface area (Å²) >= 11 is 0. The molecule has 0 saturated carbocycles. The van der Waals surface area contributed by atoms with Crippen LogP contribution in [0.3, 0.4) is 0 Å². The summed E-state index contributed by atoms with van der Waals surface area (Å²) in [5.41, 5.74) is 0. The van der Waals surface area contributed by atoms with Gasteiger partial charge in [-0.1, -0.05) is 6.92 Å². The summed E-state index contributed by atoms with van der Waals surface area (Å²) in [7, 11) is 1.50. The van der Waals surface area contributed by atoms with E-state index in [1.165, 1.54) is 11.9 Å². The van der Waals surface area contributed by atoms with Gasteiger partial charge in [-0.15, -0.1) is 0 Å². The highest BCUT2D eigenvalue weighted by Gasteiger charge is 2.24. The number of rotatable bonds is 6. The Morgan fingerprint density at radius 1 is 1.43 bits per heavy atom. The van der Waals surface area contributed by atoms with Crippen LogP contribution in [0.4, 0.5) is 8.78 Å². The lowest BCUT2D eigenvalue weighted by Crippen LogP contribution is -2.41. The number of likely N-dealkylation sites (N-methyl/N-ethyl adjacent to an activating group) is 1. The van der Waals surface area contributed by atoms with E-state index in [1.807, 2.05) is 0 Å². The summed E-state index contributed by atoms with van der Waals surface area (Å²) in [6.45, 7) is 3.33. The van der Waals surface area contributed by atoms with Gasteiger partial charge in [-0.05, 0) is 20.4 Å². The van der Waals surface area contributed by atoms with Crippen molar-refractivity contribution in [2.45, 2.75) is 32.7 Å². The van der Waals surface area contributed by atoms with Crippen molar-refractivity contribution in [2.75, 3.05) is 20.2 Å². The Hall–Kier alpha value is -0.710. The molecule has 0 rings (SSSR count). The third-order valence-corrected chi connectivity index (χ3v) is 1.90. The first-order valence-corrected chi connectivity index (χ1v) is 4.67. The molecule has 0 spiro atoms. The van der Waals surface area contributed by atoms with Crippen molar-refractivity contribution in [1.82, 2.24) is 4.90 Å². The predicted molar refractivity (Wildman–Crippen MR) is 49.3 cm³/mol. The van der Waals surface area contributed by atoms with E-state index in [0.717, 1.165) is 0 Å². The zero-order valence-corrected chi connectivity index (χ0v) is 8.80. The van der Waals surface area contributed by atoms with Crippen molar-refractivity contribution in [1.29, 1.82) is 0 Å². The Balaban J connectivity index is 4.17. The number of halogens is 2. The van der Waals surface area contributed by atoms with Crippen LogP contribution in [0, 0.1) is 0 Å². The van der Waals surface area contributed by atoms with Gasteiger partial charge in [0.15, 0.2) is 0 Å². The molecule has 1 atom stereocenters. The van der Waals surface area contributed by atoms with Crippen LogP contribution < -0.4 is 0 Å². The van der Waals surface area contributed by atoms with Crippen LogP contribution in [-0.2, 0) is 9.53 Å². The maximum atomic E-state index is 12.0. The fourth-order valence-corrected chi connectivity index (χ4v) is 1.24. The van der Waals surface area contributed by atoms with Crippen LogP contribution >= 0.6 is 0 Å². The molecule has 0 aliphatic rings. The summed E-state index contributed by atoms with van der Waals surface area (Å²) in [6.07, 6.45) is -1.95. The molecule has 0 heterocycles. The van der Waals surface area contributed by atoms with Crippen molar-refractivity contribution in [3.63, 3.8) is 0 Å². The summed E-state index contributed by atoms with van der Waals surface area (Å²) in [5.74, 6) is -0.432. The zero-order valence-electron chi connectivity index (χ0n) is 8.80. The lowest BCUT2D eigenvalue weighted by atomic mass is 10.2. The second-order valence-corrected chi connectivity index (χ2v) is 3.01. The van der Waals surface area contributed by atoms with Crippen LogP contribution in [-0.4, -0.2) is 43.5 Å². The van der Waals surface area contributed by atoms with Gasteiger partial charge in [-0.25, -0.2) is 8.78 Å². The van der Waals surface area contributed by atoms with E-state index in [2.05, 4.69) is 0 Å². The summed E-state index contributed by atoms with van der Waals surface area (Å²) < 4.78 is 28.8. The lowest BCUT2D eigenvalue weighted by molar-refractivity contribution is -0.149. The van der Waals surface area contributed by atoms with E-state index < -0.39 is 25.0 Å². The van der Waals surface area contributed by atoms with Crippen LogP contribution in [0.25, 0.3) is 0 Å². The minimum absolute atomic E-state index is 0.276. The highest BCUT2D eigenvalue weighted by Crippen LogP contribution is 2.07. The molecule has 0 radical (unpaired) electrons. The lowest BCUT2D eigenvalue weighted by Gasteiger charge is -2.24. The molecule has 0 fully saturated rings. The smallest absolute Gasteiger partial charge is 0.323 e. The Kier molecular flexibility index (Phi) is 6.36. The average molecular weight is 209 g/mol. The van der Waals surface area contributed by atoms with Crippen molar-refractivity contribution in [2.24, 2.45) is 0 Å². The van der Waals surface area contributed by atoms with E-state index in [-0.39, 0.29) is 6.61 Å². The standard InChI is InChI=1S/C9H17F2NO2/c1-4-7(9(13)14-5-2)12(3)6-8(10)11/h7-8H,4-6H2,1-3H3. The Morgan fingerprint density at radius 2 is 2.00 bits per heavy atom. The van der Waals surface area contributed by atoms with Crippen molar-refractivity contribution in [3.8, 4) is 0 Å². The zero-order chi connectivity index (χ0) is 11.1. The number of esters is 1. The summed E-state index contributed by atoms with van der Waals surface area (Å²) in [5, 5.41) is 0. The highest BCUT2D eigenvalue weighted by molar-refractivity contribution is 5.75. The Morgan fingerprint density at radius 3 is 2.36 bits per heavy atom. The van der Waals surface area contributed by atoms with Gasteiger partial charge in [0, 0.05) is 0 Å². The highest BCUT2D eigenvalue weighted by atomic mass is 19.3. The van der Waals surface area contributed by atoms with Crippen LogP contribution in [0.1, 0.15) is 20.3 Å². The van der Waals surface area contributed by atoms with E-state index in [4.69, 9.17) is 4.74 Å². The first-order valence-electron chi connectivity index (χ1n) is 4.67. The number of carbonyl (C=O) groups is 1. The van der Waals surface area contributed by atoms with Crippen molar-refractivity contribution in [3.05, 3.63) is 0 Å². The van der Waals surface area contributed by atoms with Crippen molar-refractivity contribution < 1.29 is 18.3 Å². The fourth-order valence-electron chi connectivity index (χ4n) is 1.24. The summed E-state index contributed by atoms with van der Waals surface area (Å²) in [6, 6.07) is -0.566. The summed E-state index contributed by atoms with van der Waals surface area (Å²) in [4.78, 5) is 12.6. The topological polar surface area (TPSA) is 29.5 Å². The molecule has 5 heteroatoms. The van der Waals surface area contributed by atoms with Crippen molar-refractivity contribution >= 4 is 5.97 Å². The van der Waals surface area contributed by atoms with Gasteiger partial charge in [-0.3, -0.25) is 9.69 Å². The van der Waals surface area contributed by atoms with E-state index in [1.54, 1.807) is 13.8 Å². The number of hydrogen-bond acceptors (Lipinski definition) is 3. The molecule has 84 valence electrons. The molecule has 0 bridgehead atoms. The third-order valence-electron chi connectivity index (χ3n) is 1.90. The number of ether oxygens (including phenoxy) is 1. The second kappa shape index (κ2) is 6.70. The molecular formula is C9H17F2NO2. The molecule has 0 aromatic rings. The number of alkyl halides is 2. The minimum Gasteiger partial charge on any atom is -0.465 e. The normalized spacial score (nSPS) is 13.4. The Labute approximate surface area is 83.0 Å². The molecule has 14 heavy (non-hydrogen) atoms. The predicted octanol–water partition coefficient (Wildman–Crippen LogP) is 1.52. The quantitative estimate of drug-likeness (QED) is 0.621. The first kappa shape index (κ1) is 13.3. The fraction of sp³-hybridized carbons (Fsp3) is 0.889. The van der Waals surface area contributed by atoms with E-state index >= 15 is 0 Å². The van der Waals surface area contributed by atoms with Crippen LogP contribution in [0.2, 0.25) is 0 Å². The molecule has 0 saturated heterocycles. The van der Waals surface area contributed by atoms with Gasteiger partial charge in [0.2, 0.25) is 0 Å². The van der Waals surface area contributed by atoms with Gasteiger partial charge in [-0.2, -0.15) is 0 Å². The maximum absolute atomic E-state index is 12.0. The Bertz CT molecular complexity index is 176. The minimum atomic E-state index is -2.43. The number of hydrogen-bond donors (Lipinski definition) is 0. The number of nitrogens with zero attached hydrogens (tertiary/aromatic N) is 1. The molecule has 0 aromatic carbocycles. The van der Waals surface area contributed by atoms with E-state index in [9.17, 15) is 13.6 Å². The first-order chi connectivity index (χ1) is 6.52. The molecule has 0 aliphatic heterocycles. The molecule has 0 N–H and O–H groups in total. The van der Waals surface area contributed by atoms with Gasteiger partial charge in [0.1, 0.15) is 6.04 Å². The molecule has 1 unspecified atom stereocenters. The molecular weight excluding hydrogens is 192 g/mol. The van der Waals surface area contributed by atoms with Gasteiger partial charge in [0.05, 0.1) is 13.2 Å². The molecule has 0 amide bonds. The molecule has 3 nitrogen and oxygen atoms in total.